The molecule has 1 unspecified atom stereocenters. The molecule has 0 saturated carbocycles. The van der Waals surface area contributed by atoms with Crippen molar-refractivity contribution >= 4 is 21.8 Å². The van der Waals surface area contributed by atoms with Crippen molar-refractivity contribution in [2.75, 3.05) is 0 Å². The average molecular weight is 623 g/mol. The van der Waals surface area contributed by atoms with Crippen molar-refractivity contribution in [2.45, 2.75) is 74.1 Å². The van der Waals surface area contributed by atoms with Crippen LogP contribution in [0, 0.1) is 45.4 Å². The third-order valence-corrected chi connectivity index (χ3v) is 10.1. The van der Waals surface area contributed by atoms with Crippen LogP contribution in [0.4, 0.5) is 0 Å². The van der Waals surface area contributed by atoms with Crippen molar-refractivity contribution in [2.24, 2.45) is 17.8 Å². The van der Waals surface area contributed by atoms with Crippen LogP contribution in [0.3, 0.4) is 0 Å². The van der Waals surface area contributed by atoms with Gasteiger partial charge >= 0.3 is 0 Å². The van der Waals surface area contributed by atoms with Gasteiger partial charge in [-0.05, 0) is 112 Å². The Bertz CT molecular complexity index is 2140. The molecule has 5 nitrogen and oxygen atoms in total. The molecule has 0 amide bonds. The molecular formula is C42H46N4O. The zero-order chi connectivity index (χ0) is 33.0. The van der Waals surface area contributed by atoms with E-state index in [1.165, 1.54) is 40.4 Å². The van der Waals surface area contributed by atoms with Crippen molar-refractivity contribution < 1.29 is 4.74 Å². The van der Waals surface area contributed by atoms with Crippen LogP contribution in [0.5, 0.6) is 11.5 Å². The quantitative estimate of drug-likeness (QED) is 0.166. The normalized spacial score (nSPS) is 16.9. The lowest BCUT2D eigenvalue weighted by Gasteiger charge is -2.37. The Morgan fingerprint density at radius 1 is 0.787 bits per heavy atom. The molecule has 1 aliphatic rings. The summed E-state index contributed by atoms with van der Waals surface area (Å²) in [7, 11) is 0. The predicted molar refractivity (Wildman–Crippen MR) is 194 cm³/mol. The summed E-state index contributed by atoms with van der Waals surface area (Å²) in [6.45, 7) is 18.1. The Morgan fingerprint density at radius 2 is 1.57 bits per heavy atom. The van der Waals surface area contributed by atoms with Crippen LogP contribution in [-0.2, 0) is 0 Å². The first-order valence-corrected chi connectivity index (χ1v) is 17.1. The Kier molecular flexibility index (Phi) is 8.03. The van der Waals surface area contributed by atoms with E-state index in [0.29, 0.717) is 23.7 Å². The second-order valence-electron chi connectivity index (χ2n) is 14.1. The number of ether oxygens (including phenoxy) is 1. The van der Waals surface area contributed by atoms with Crippen molar-refractivity contribution in [3.63, 3.8) is 0 Å². The molecule has 5 heteroatoms. The molecule has 47 heavy (non-hydrogen) atoms. The van der Waals surface area contributed by atoms with Crippen LogP contribution < -0.4 is 4.74 Å². The maximum atomic E-state index is 6.65. The number of pyridine rings is 1. The number of allylic oxidation sites excluding steroid dienone is 2. The van der Waals surface area contributed by atoms with Crippen LogP contribution in [0.15, 0.2) is 90.6 Å². The molecule has 0 aliphatic heterocycles. The van der Waals surface area contributed by atoms with Gasteiger partial charge in [-0.2, -0.15) is 5.10 Å². The van der Waals surface area contributed by atoms with Crippen LogP contribution in [0.2, 0.25) is 0 Å². The number of aryl methyl sites for hydroxylation is 3. The molecule has 6 aromatic rings. The summed E-state index contributed by atoms with van der Waals surface area (Å²) < 4.78 is 11.0. The van der Waals surface area contributed by atoms with Gasteiger partial charge in [0.25, 0.3) is 0 Å². The van der Waals surface area contributed by atoms with Crippen LogP contribution in [0.25, 0.3) is 33.3 Å². The maximum Gasteiger partial charge on any atom is 0.137 e. The first kappa shape index (κ1) is 31.0. The van der Waals surface area contributed by atoms with Gasteiger partial charge in [-0.25, -0.2) is 9.67 Å². The number of aromatic nitrogens is 4. The number of para-hydroxylation sites is 1. The molecule has 1 aliphatic carbocycles. The number of hydrogen-bond donors (Lipinski definition) is 0. The smallest absolute Gasteiger partial charge is 0.137 e. The summed E-state index contributed by atoms with van der Waals surface area (Å²) in [6, 6.07) is 25.5. The Hall–Kier alpha value is -4.64. The second kappa shape index (κ2) is 12.2. The monoisotopic (exact) mass is 622 g/mol. The van der Waals surface area contributed by atoms with E-state index in [1.807, 2.05) is 12.3 Å². The van der Waals surface area contributed by atoms with Gasteiger partial charge in [0.2, 0.25) is 0 Å². The summed E-state index contributed by atoms with van der Waals surface area (Å²) in [4.78, 5) is 4.74. The molecule has 0 fully saturated rings. The van der Waals surface area contributed by atoms with Gasteiger partial charge in [-0.15, -0.1) is 0 Å². The molecule has 240 valence electrons. The minimum Gasteiger partial charge on any atom is -0.457 e. The number of nitrogens with zero attached hydrogens (tertiary/aromatic N) is 4. The lowest BCUT2D eigenvalue weighted by Crippen LogP contribution is -2.26. The molecule has 0 bridgehead atoms. The van der Waals surface area contributed by atoms with E-state index < -0.39 is 0 Å². The summed E-state index contributed by atoms with van der Waals surface area (Å²) in [5, 5.41) is 7.55. The number of rotatable bonds is 7. The van der Waals surface area contributed by atoms with E-state index in [-0.39, 0.29) is 0 Å². The molecule has 0 saturated heterocycles. The fraction of sp³-hybridized carbons (Fsp3) is 0.333. The zero-order valence-corrected chi connectivity index (χ0v) is 29.0. The van der Waals surface area contributed by atoms with Crippen LogP contribution in [-0.4, -0.2) is 19.3 Å². The van der Waals surface area contributed by atoms with Crippen molar-refractivity contribution in [1.29, 1.82) is 0 Å². The van der Waals surface area contributed by atoms with E-state index >= 15 is 0 Å². The van der Waals surface area contributed by atoms with Gasteiger partial charge in [0, 0.05) is 46.3 Å². The van der Waals surface area contributed by atoms with Gasteiger partial charge in [-0.1, -0.05) is 57.5 Å². The zero-order valence-electron chi connectivity index (χ0n) is 29.0. The predicted octanol–water partition coefficient (Wildman–Crippen LogP) is 11.1. The summed E-state index contributed by atoms with van der Waals surface area (Å²) in [5.74, 6) is 4.63. The van der Waals surface area contributed by atoms with E-state index in [2.05, 4.69) is 137 Å². The van der Waals surface area contributed by atoms with Gasteiger partial charge in [-0.3, -0.25) is 4.57 Å². The highest BCUT2D eigenvalue weighted by atomic mass is 16.5. The molecule has 0 radical (unpaired) electrons. The summed E-state index contributed by atoms with van der Waals surface area (Å²) in [6.07, 6.45) is 6.79. The van der Waals surface area contributed by atoms with Crippen molar-refractivity contribution in [1.82, 2.24) is 19.3 Å². The molecule has 2 atom stereocenters. The van der Waals surface area contributed by atoms with E-state index in [4.69, 9.17) is 14.8 Å². The van der Waals surface area contributed by atoms with E-state index in [9.17, 15) is 0 Å². The molecule has 3 heterocycles. The topological polar surface area (TPSA) is 44.9 Å². The molecule has 0 N–H and O–H groups in total. The molecular weight excluding hydrogens is 576 g/mol. The molecule has 3 aromatic carbocycles. The fourth-order valence-corrected chi connectivity index (χ4v) is 7.98. The largest absolute Gasteiger partial charge is 0.457 e. The third kappa shape index (κ3) is 5.56. The van der Waals surface area contributed by atoms with Crippen LogP contribution in [0.1, 0.15) is 74.5 Å². The number of fused-ring (bicyclic) bond motifs is 3. The second-order valence-corrected chi connectivity index (χ2v) is 14.1. The lowest BCUT2D eigenvalue weighted by molar-refractivity contribution is 0.297. The van der Waals surface area contributed by atoms with E-state index in [0.717, 1.165) is 45.3 Å². The summed E-state index contributed by atoms with van der Waals surface area (Å²) >= 11 is 0. The van der Waals surface area contributed by atoms with E-state index in [1.54, 1.807) is 5.57 Å². The first-order valence-electron chi connectivity index (χ1n) is 17.1. The van der Waals surface area contributed by atoms with Gasteiger partial charge < -0.3 is 4.74 Å². The van der Waals surface area contributed by atoms with Gasteiger partial charge in [0.15, 0.2) is 0 Å². The third-order valence-electron chi connectivity index (χ3n) is 10.1. The molecule has 3 aromatic heterocycles. The Labute approximate surface area is 278 Å². The summed E-state index contributed by atoms with van der Waals surface area (Å²) in [5.41, 5.74) is 10.8. The number of hydrogen-bond acceptors (Lipinski definition) is 3. The Morgan fingerprint density at radius 3 is 2.34 bits per heavy atom. The maximum absolute atomic E-state index is 6.65. The van der Waals surface area contributed by atoms with Gasteiger partial charge in [0.1, 0.15) is 17.3 Å². The lowest BCUT2D eigenvalue weighted by atomic mass is 9.67. The van der Waals surface area contributed by atoms with Crippen molar-refractivity contribution in [3.8, 4) is 23.0 Å². The molecule has 0 spiro atoms. The highest BCUT2D eigenvalue weighted by Crippen LogP contribution is 2.47. The number of benzene rings is 3. The SMILES string of the molecule is Cc1cc(Oc2ccc3c4ccccc4n(-c4cc(C)ccn4)c3c2)cc(-n2nc(C)c(C3C(C(C)C)=CCC[C@@H]3C(C)C)c2C)c1. The van der Waals surface area contributed by atoms with Crippen LogP contribution >= 0.6 is 0 Å². The van der Waals surface area contributed by atoms with Gasteiger partial charge in [0.05, 0.1) is 22.4 Å². The standard InChI is InChI=1S/C42H46N4O/c1-25(2)34-13-11-14-35(26(3)4)42(34)41-29(7)44-46(30(41)8)31-20-28(6)21-33(23-31)47-32-16-17-37-36-12-9-10-15-38(36)45(39(37)24-32)40-22-27(5)18-19-43-40/h9-10,12-13,15-26,35,42H,11,14H2,1-8H3/t35-,42?/m1/s1. The molecule has 7 rings (SSSR count). The van der Waals surface area contributed by atoms with Crippen molar-refractivity contribution in [3.05, 3.63) is 119 Å². The average Bonchev–Trinajstić information content (AvgIpc) is 3.52. The Balaban J connectivity index is 1.29. The minimum absolute atomic E-state index is 0.402. The fourth-order valence-electron chi connectivity index (χ4n) is 7.98. The first-order chi connectivity index (χ1) is 22.6. The minimum atomic E-state index is 0.402. The highest BCUT2D eigenvalue weighted by Gasteiger charge is 2.36. The highest BCUT2D eigenvalue weighted by molar-refractivity contribution is 6.09.